The first-order valence-electron chi connectivity index (χ1n) is 15.4. The van der Waals surface area contributed by atoms with Crippen molar-refractivity contribution in [3.8, 4) is 11.1 Å². The van der Waals surface area contributed by atoms with Crippen molar-refractivity contribution in [2.24, 2.45) is 0 Å². The van der Waals surface area contributed by atoms with E-state index in [1.165, 1.54) is 69.4 Å². The molecule has 0 aliphatic heterocycles. The molecule has 0 atom stereocenters. The first-order chi connectivity index (χ1) is 22.3. The Labute approximate surface area is 264 Å². The molecule has 3 heterocycles. The zero-order valence-electron chi connectivity index (χ0n) is 24.3. The van der Waals surface area contributed by atoms with Gasteiger partial charge in [0, 0.05) is 43.3 Å². The predicted molar refractivity (Wildman–Crippen MR) is 194 cm³/mol. The molecule has 3 aromatic heterocycles. The van der Waals surface area contributed by atoms with Crippen LogP contribution < -0.4 is 4.90 Å². The lowest BCUT2D eigenvalue weighted by atomic mass is 10.0. The average molecular weight is 591 g/mol. The van der Waals surface area contributed by atoms with Gasteiger partial charge >= 0.3 is 0 Å². The minimum absolute atomic E-state index is 1.14. The summed E-state index contributed by atoms with van der Waals surface area (Å²) in [5.74, 6) is 0. The van der Waals surface area contributed by atoms with Crippen LogP contribution in [0, 0.1) is 0 Å². The number of rotatable bonds is 4. The van der Waals surface area contributed by atoms with Crippen LogP contribution in [-0.4, -0.2) is 4.40 Å². The highest BCUT2D eigenvalue weighted by Gasteiger charge is 2.21. The van der Waals surface area contributed by atoms with Crippen molar-refractivity contribution < 1.29 is 0 Å². The highest BCUT2D eigenvalue weighted by atomic mass is 32.1. The summed E-state index contributed by atoms with van der Waals surface area (Å²) in [6.45, 7) is 0. The highest BCUT2D eigenvalue weighted by molar-refractivity contribution is 7.27. The number of aromatic nitrogens is 1. The first kappa shape index (κ1) is 24.8. The fourth-order valence-electron chi connectivity index (χ4n) is 7.36. The second kappa shape index (κ2) is 9.43. The van der Waals surface area contributed by atoms with Crippen molar-refractivity contribution in [1.82, 2.24) is 4.40 Å². The maximum absolute atomic E-state index is 2.52. The van der Waals surface area contributed by atoms with Crippen molar-refractivity contribution >= 4 is 86.7 Å². The third-order valence-corrected chi connectivity index (χ3v) is 10.5. The summed E-state index contributed by atoms with van der Waals surface area (Å²) in [6.07, 6.45) is 0. The van der Waals surface area contributed by atoms with E-state index in [-0.39, 0.29) is 0 Å². The van der Waals surface area contributed by atoms with Crippen LogP contribution in [0.5, 0.6) is 0 Å². The van der Waals surface area contributed by atoms with Crippen LogP contribution in [0.25, 0.3) is 69.4 Å². The molecular weight excluding hydrogens is 565 g/mol. The van der Waals surface area contributed by atoms with Gasteiger partial charge in [0.15, 0.2) is 0 Å². The van der Waals surface area contributed by atoms with Gasteiger partial charge in [-0.15, -0.1) is 11.3 Å². The molecule has 2 nitrogen and oxygen atoms in total. The summed E-state index contributed by atoms with van der Waals surface area (Å²) in [4.78, 5) is 2.33. The standard InChI is InChI=1S/C42H26N2S/c1-3-13-30(14-4-1)43(31-15-5-2-6-16-31)32-17-9-12-28(25-32)29-21-23-37-35(26-29)42-41-40-38(45-42)24-22-27-11-10-19-34(39(27)40)33-18-7-8-20-36(33)44(37)41/h1-26H. The van der Waals surface area contributed by atoms with E-state index < -0.39 is 0 Å². The summed E-state index contributed by atoms with van der Waals surface area (Å²) < 4.78 is 5.22. The van der Waals surface area contributed by atoms with Crippen LogP contribution in [0.1, 0.15) is 0 Å². The lowest BCUT2D eigenvalue weighted by Crippen LogP contribution is -2.09. The van der Waals surface area contributed by atoms with E-state index in [1.54, 1.807) is 0 Å². The molecule has 10 rings (SSSR count). The van der Waals surface area contributed by atoms with Gasteiger partial charge in [-0.2, -0.15) is 0 Å². The van der Waals surface area contributed by atoms with Crippen molar-refractivity contribution in [2.75, 3.05) is 4.90 Å². The van der Waals surface area contributed by atoms with Gasteiger partial charge in [-0.1, -0.05) is 97.1 Å². The number of fused-ring (bicyclic) bond motifs is 6. The number of thiophene rings is 1. The maximum Gasteiger partial charge on any atom is 0.0734 e. The van der Waals surface area contributed by atoms with Crippen LogP contribution >= 0.6 is 11.3 Å². The van der Waals surface area contributed by atoms with Crippen molar-refractivity contribution in [3.05, 3.63) is 158 Å². The lowest BCUT2D eigenvalue weighted by molar-refractivity contribution is 1.28. The maximum atomic E-state index is 2.52. The van der Waals surface area contributed by atoms with E-state index >= 15 is 0 Å². The van der Waals surface area contributed by atoms with E-state index in [4.69, 9.17) is 0 Å². The summed E-state index contributed by atoms with van der Waals surface area (Å²) >= 11 is 1.92. The van der Waals surface area contributed by atoms with E-state index in [0.717, 1.165) is 17.1 Å². The Hall–Kier alpha value is -5.64. The van der Waals surface area contributed by atoms with Gasteiger partial charge in [0.2, 0.25) is 0 Å². The SMILES string of the molecule is c1ccc(N(c2ccccc2)c2cccc(-c3ccc4c(c3)c3sc5ccc6cccc7c8ccccc8n4c3c5c67)c2)cc1. The van der Waals surface area contributed by atoms with Gasteiger partial charge < -0.3 is 9.30 Å². The number of anilines is 3. The van der Waals surface area contributed by atoms with Crippen LogP contribution in [0.15, 0.2) is 158 Å². The monoisotopic (exact) mass is 590 g/mol. The quantitative estimate of drug-likeness (QED) is 0.198. The molecule has 10 aromatic rings. The van der Waals surface area contributed by atoms with Crippen LogP contribution in [0.3, 0.4) is 0 Å². The van der Waals surface area contributed by atoms with Gasteiger partial charge in [0.25, 0.3) is 0 Å². The molecule has 45 heavy (non-hydrogen) atoms. The summed E-state index contributed by atoms with van der Waals surface area (Å²) in [7, 11) is 0. The van der Waals surface area contributed by atoms with E-state index in [2.05, 4.69) is 167 Å². The van der Waals surface area contributed by atoms with Crippen molar-refractivity contribution in [2.45, 2.75) is 0 Å². The zero-order valence-corrected chi connectivity index (χ0v) is 25.1. The molecule has 3 heteroatoms. The zero-order chi connectivity index (χ0) is 29.5. The van der Waals surface area contributed by atoms with Gasteiger partial charge in [0.05, 0.1) is 21.3 Å². The van der Waals surface area contributed by atoms with Gasteiger partial charge in [0.1, 0.15) is 0 Å². The highest BCUT2D eigenvalue weighted by Crippen LogP contribution is 2.48. The molecule has 0 aliphatic rings. The van der Waals surface area contributed by atoms with E-state index in [1.807, 2.05) is 11.3 Å². The normalized spacial score (nSPS) is 12.0. The molecule has 0 unspecified atom stereocenters. The largest absolute Gasteiger partial charge is 0.310 e. The van der Waals surface area contributed by atoms with E-state index in [0.29, 0.717) is 0 Å². The predicted octanol–water partition coefficient (Wildman–Crippen LogP) is 12.3. The summed E-state index contributed by atoms with van der Waals surface area (Å²) in [5.41, 5.74) is 9.67. The minimum atomic E-state index is 1.14. The molecule has 210 valence electrons. The number of hydrogen-bond acceptors (Lipinski definition) is 2. The Morgan fingerprint density at radius 3 is 1.93 bits per heavy atom. The van der Waals surface area contributed by atoms with Gasteiger partial charge in [-0.05, 0) is 82.6 Å². The second-order valence-corrected chi connectivity index (χ2v) is 12.8. The summed E-state index contributed by atoms with van der Waals surface area (Å²) in [6, 6.07) is 57.4. The topological polar surface area (TPSA) is 7.65 Å². The summed E-state index contributed by atoms with van der Waals surface area (Å²) in [5, 5.41) is 7.95. The first-order valence-corrected chi connectivity index (χ1v) is 16.2. The fourth-order valence-corrected chi connectivity index (χ4v) is 8.58. The Balaban J connectivity index is 1.24. The van der Waals surface area contributed by atoms with Crippen LogP contribution in [-0.2, 0) is 0 Å². The Bertz CT molecular complexity index is 2660. The number of benzene rings is 7. The lowest BCUT2D eigenvalue weighted by Gasteiger charge is -2.25. The van der Waals surface area contributed by atoms with Gasteiger partial charge in [-0.25, -0.2) is 0 Å². The number of nitrogens with zero attached hydrogens (tertiary/aromatic N) is 2. The minimum Gasteiger partial charge on any atom is -0.310 e. The average Bonchev–Trinajstić information content (AvgIpc) is 3.59. The molecule has 0 radical (unpaired) electrons. The second-order valence-electron chi connectivity index (χ2n) is 11.8. The molecule has 0 bridgehead atoms. The molecule has 7 aromatic carbocycles. The van der Waals surface area contributed by atoms with E-state index in [9.17, 15) is 0 Å². The Kier molecular flexibility index (Phi) is 5.19. The Morgan fingerprint density at radius 1 is 0.444 bits per heavy atom. The molecule has 0 saturated carbocycles. The van der Waals surface area contributed by atoms with Crippen molar-refractivity contribution in [3.63, 3.8) is 0 Å². The molecule has 0 N–H and O–H groups in total. The van der Waals surface area contributed by atoms with Crippen LogP contribution in [0.2, 0.25) is 0 Å². The molecule has 0 amide bonds. The van der Waals surface area contributed by atoms with Gasteiger partial charge in [-0.3, -0.25) is 0 Å². The molecule has 0 saturated heterocycles. The van der Waals surface area contributed by atoms with Crippen LogP contribution in [0.4, 0.5) is 17.1 Å². The number of para-hydroxylation sites is 3. The smallest absolute Gasteiger partial charge is 0.0734 e. The van der Waals surface area contributed by atoms with Crippen molar-refractivity contribution in [1.29, 1.82) is 0 Å². The molecule has 0 fully saturated rings. The Morgan fingerprint density at radius 2 is 1.11 bits per heavy atom. The molecule has 0 aliphatic carbocycles. The fraction of sp³-hybridized carbons (Fsp3) is 0. The molecular formula is C42H26N2S. The third-order valence-electron chi connectivity index (χ3n) is 9.28. The third kappa shape index (κ3) is 3.56. The molecule has 0 spiro atoms. The number of hydrogen-bond donors (Lipinski definition) is 0.